The molecule has 0 unspecified atom stereocenters. The molecule has 3 aromatic carbocycles. The van der Waals surface area contributed by atoms with Crippen LogP contribution in [0.3, 0.4) is 0 Å². The van der Waals surface area contributed by atoms with Crippen molar-refractivity contribution in [3.63, 3.8) is 0 Å². The molecule has 1 fully saturated rings. The predicted molar refractivity (Wildman–Crippen MR) is 166 cm³/mol. The molecule has 0 saturated carbocycles. The molecule has 210 valence electrons. The Morgan fingerprint density at radius 2 is 1.82 bits per heavy atom. The number of nitrogens with one attached hydrogen (secondary N) is 1. The van der Waals surface area contributed by atoms with Crippen LogP contribution in [0.5, 0.6) is 0 Å². The molecule has 0 radical (unpaired) electrons. The molecule has 2 N–H and O–H groups in total. The van der Waals surface area contributed by atoms with Crippen LogP contribution in [-0.2, 0) is 33.8 Å². The highest BCUT2D eigenvalue weighted by Crippen LogP contribution is 2.55. The first-order valence-corrected chi connectivity index (χ1v) is 15.6. The zero-order valence-electron chi connectivity index (χ0n) is 22.9. The molecular weight excluding hydrogens is 635 g/mol. The van der Waals surface area contributed by atoms with Crippen molar-refractivity contribution in [1.82, 2.24) is 10.2 Å². The average molecular weight is 671 g/mol. The second-order valence-electron chi connectivity index (χ2n) is 10.6. The van der Waals surface area contributed by atoms with E-state index in [0.29, 0.717) is 19.6 Å². The van der Waals surface area contributed by atoms with Gasteiger partial charge in [0, 0.05) is 34.8 Å². The van der Waals surface area contributed by atoms with Crippen LogP contribution < -0.4 is 5.32 Å². The van der Waals surface area contributed by atoms with Crippen molar-refractivity contribution in [2.75, 3.05) is 20.3 Å². The van der Waals surface area contributed by atoms with Crippen LogP contribution in [0.2, 0.25) is 0 Å². The number of rotatable bonds is 10. The minimum absolute atomic E-state index is 0.00325. The van der Waals surface area contributed by atoms with Crippen molar-refractivity contribution in [3.8, 4) is 0 Å². The Labute approximate surface area is 254 Å². The molecule has 1 aliphatic heterocycles. The van der Waals surface area contributed by atoms with E-state index in [-0.39, 0.29) is 30.9 Å². The van der Waals surface area contributed by atoms with Gasteiger partial charge in [-0.15, -0.1) is 11.8 Å². The lowest BCUT2D eigenvalue weighted by Crippen LogP contribution is -2.50. The van der Waals surface area contributed by atoms with Crippen molar-refractivity contribution in [2.24, 2.45) is 0 Å². The molecule has 1 aliphatic carbocycles. The summed E-state index contributed by atoms with van der Waals surface area (Å²) in [5, 5.41) is 12.9. The predicted octanol–water partition coefficient (Wildman–Crippen LogP) is 5.22. The Hall–Kier alpha value is -2.40. The number of aliphatic hydroxyl groups is 1. The number of ether oxygens (including phenoxy) is 1. The first-order valence-electron chi connectivity index (χ1n) is 13.7. The fourth-order valence-electron chi connectivity index (χ4n) is 5.95. The number of fused-ring (bicyclic) bond motifs is 1. The van der Waals surface area contributed by atoms with Gasteiger partial charge in [0.1, 0.15) is 4.75 Å². The molecule has 40 heavy (non-hydrogen) atoms. The molecule has 0 aromatic heterocycles. The van der Waals surface area contributed by atoms with Crippen LogP contribution in [0.4, 0.5) is 0 Å². The SMILES string of the molecule is COCCCNC(=O)[C@@]1(Sc2ccc(C)cc2)CC(=O)N(C2Cc3ccccc3C2)[C@@H]1c1ccc(CO)cc1I. The minimum atomic E-state index is -1.07. The highest BCUT2D eigenvalue weighted by atomic mass is 127. The number of methoxy groups -OCH3 is 1. The van der Waals surface area contributed by atoms with E-state index in [4.69, 9.17) is 4.74 Å². The Balaban J connectivity index is 1.62. The third-order valence-corrected chi connectivity index (χ3v) is 10.3. The van der Waals surface area contributed by atoms with Crippen molar-refractivity contribution >= 4 is 46.2 Å². The summed E-state index contributed by atoms with van der Waals surface area (Å²) in [4.78, 5) is 31.5. The number of nitrogens with zero attached hydrogens (tertiary/aromatic N) is 1. The number of aryl methyl sites for hydroxylation is 1. The van der Waals surface area contributed by atoms with E-state index in [2.05, 4.69) is 40.0 Å². The molecule has 8 heteroatoms. The number of carbonyl (C=O) groups is 2. The van der Waals surface area contributed by atoms with E-state index in [9.17, 15) is 14.7 Å². The van der Waals surface area contributed by atoms with E-state index >= 15 is 0 Å². The van der Waals surface area contributed by atoms with Gasteiger partial charge in [0.05, 0.1) is 19.1 Å². The zero-order valence-corrected chi connectivity index (χ0v) is 25.8. The Kier molecular flexibility index (Phi) is 9.19. The van der Waals surface area contributed by atoms with Gasteiger partial charge in [-0.25, -0.2) is 0 Å². The lowest BCUT2D eigenvalue weighted by molar-refractivity contribution is -0.131. The topological polar surface area (TPSA) is 78.9 Å². The Morgan fingerprint density at radius 3 is 2.45 bits per heavy atom. The van der Waals surface area contributed by atoms with Gasteiger partial charge in [-0.1, -0.05) is 54.1 Å². The molecule has 5 rings (SSSR count). The number of aliphatic hydroxyl groups excluding tert-OH is 1. The van der Waals surface area contributed by atoms with Crippen molar-refractivity contribution in [2.45, 2.75) is 60.9 Å². The molecule has 2 aliphatic rings. The van der Waals surface area contributed by atoms with Crippen LogP contribution >= 0.6 is 34.4 Å². The molecule has 1 heterocycles. The van der Waals surface area contributed by atoms with Crippen LogP contribution in [0.15, 0.2) is 71.6 Å². The summed E-state index contributed by atoms with van der Waals surface area (Å²) >= 11 is 3.78. The molecule has 3 aromatic rings. The molecule has 1 saturated heterocycles. The Bertz CT molecular complexity index is 1360. The molecule has 6 nitrogen and oxygen atoms in total. The third kappa shape index (κ3) is 5.82. The summed E-state index contributed by atoms with van der Waals surface area (Å²) in [6.45, 7) is 3.00. The van der Waals surface area contributed by atoms with Gasteiger partial charge in [-0.2, -0.15) is 0 Å². The standard InChI is InChI=1S/C32H35IN2O4S/c1-21-8-11-26(12-9-21)40-32(31(38)34-14-5-15-39-2)19-29(37)35(25-17-23-6-3-4-7-24(23)18-25)30(32)27-13-10-22(20-36)16-28(27)33/h3-4,6-13,16,25,30,36H,5,14-15,17-20H2,1-2H3,(H,34,38)/t30-,32-/m1/s1. The van der Waals surface area contributed by atoms with E-state index < -0.39 is 10.8 Å². The maximum atomic E-state index is 14.4. The average Bonchev–Trinajstić information content (AvgIpc) is 3.50. The Morgan fingerprint density at radius 1 is 1.12 bits per heavy atom. The molecule has 2 amide bonds. The van der Waals surface area contributed by atoms with E-state index in [1.54, 1.807) is 7.11 Å². The number of hydrogen-bond donors (Lipinski definition) is 2. The quantitative estimate of drug-likeness (QED) is 0.229. The molecule has 2 atom stereocenters. The summed E-state index contributed by atoms with van der Waals surface area (Å²) in [5.74, 6) is -0.135. The molecular formula is C32H35IN2O4S. The highest BCUT2D eigenvalue weighted by Gasteiger charge is 2.60. The number of amides is 2. The maximum Gasteiger partial charge on any atom is 0.239 e. The van der Waals surface area contributed by atoms with E-state index in [0.717, 1.165) is 38.0 Å². The summed E-state index contributed by atoms with van der Waals surface area (Å²) < 4.78 is 5.06. The van der Waals surface area contributed by atoms with Gasteiger partial charge in [0.2, 0.25) is 11.8 Å². The number of halogens is 1. The van der Waals surface area contributed by atoms with Gasteiger partial charge in [0.25, 0.3) is 0 Å². The summed E-state index contributed by atoms with van der Waals surface area (Å²) in [5.41, 5.74) is 5.40. The number of hydrogen-bond acceptors (Lipinski definition) is 5. The largest absolute Gasteiger partial charge is 0.392 e. The summed E-state index contributed by atoms with van der Waals surface area (Å²) in [6, 6.07) is 21.9. The van der Waals surface area contributed by atoms with Gasteiger partial charge in [0.15, 0.2) is 0 Å². The van der Waals surface area contributed by atoms with Crippen molar-refractivity contribution < 1.29 is 19.4 Å². The van der Waals surface area contributed by atoms with E-state index in [1.807, 2.05) is 66.4 Å². The maximum absolute atomic E-state index is 14.4. The van der Waals surface area contributed by atoms with Gasteiger partial charge < -0.3 is 20.1 Å². The zero-order chi connectivity index (χ0) is 28.3. The van der Waals surface area contributed by atoms with Crippen LogP contribution in [0.1, 0.15) is 46.7 Å². The summed E-state index contributed by atoms with van der Waals surface area (Å²) in [6.07, 6.45) is 2.34. The fourth-order valence-corrected chi connectivity index (χ4v) is 8.23. The lowest BCUT2D eigenvalue weighted by atomic mass is 9.90. The number of carbonyl (C=O) groups excluding carboxylic acids is 2. The molecule has 0 bridgehead atoms. The van der Waals surface area contributed by atoms with Crippen molar-refractivity contribution in [3.05, 3.63) is 98.1 Å². The smallest absolute Gasteiger partial charge is 0.239 e. The van der Waals surface area contributed by atoms with Crippen LogP contribution in [0, 0.1) is 10.5 Å². The lowest BCUT2D eigenvalue weighted by Gasteiger charge is -2.39. The summed E-state index contributed by atoms with van der Waals surface area (Å²) in [7, 11) is 1.65. The van der Waals surface area contributed by atoms with E-state index in [1.165, 1.54) is 22.9 Å². The van der Waals surface area contributed by atoms with Crippen LogP contribution in [0.25, 0.3) is 0 Å². The second kappa shape index (κ2) is 12.6. The molecule has 0 spiro atoms. The monoisotopic (exact) mass is 670 g/mol. The fraction of sp³-hybridized carbons (Fsp3) is 0.375. The number of likely N-dealkylation sites (tertiary alicyclic amines) is 1. The first-order chi connectivity index (χ1) is 19.4. The van der Waals surface area contributed by atoms with Crippen LogP contribution in [-0.4, -0.2) is 52.9 Å². The number of thioether (sulfide) groups is 1. The highest BCUT2D eigenvalue weighted by molar-refractivity contribution is 14.1. The number of benzene rings is 3. The van der Waals surface area contributed by atoms with Gasteiger partial charge in [-0.05, 0) is 89.2 Å². The van der Waals surface area contributed by atoms with Gasteiger partial charge >= 0.3 is 0 Å². The first kappa shape index (κ1) is 29.1. The minimum Gasteiger partial charge on any atom is -0.392 e. The third-order valence-electron chi connectivity index (χ3n) is 7.90. The van der Waals surface area contributed by atoms with Crippen molar-refractivity contribution in [1.29, 1.82) is 0 Å². The van der Waals surface area contributed by atoms with Gasteiger partial charge in [-0.3, -0.25) is 9.59 Å². The second-order valence-corrected chi connectivity index (χ2v) is 13.2. The normalized spacial score (nSPS) is 20.6.